The second-order valence-corrected chi connectivity index (χ2v) is 8.17. The van der Waals surface area contributed by atoms with E-state index >= 15 is 0 Å². The van der Waals surface area contributed by atoms with Crippen molar-refractivity contribution in [2.24, 2.45) is 10.7 Å². The SMILES string of the molecule is Cc1cc([C@H]2N=CCN2)c2nc(-c3cccc4c3[C@@H](C(N)=O)c3ccccc3-4)[nH]c2c1. The minimum absolute atomic E-state index is 0.0948. The molecule has 2 atom stereocenters. The molecule has 6 rings (SSSR count). The molecule has 3 aromatic carbocycles. The fourth-order valence-electron chi connectivity index (χ4n) is 4.96. The van der Waals surface area contributed by atoms with Crippen LogP contribution in [0.4, 0.5) is 0 Å². The van der Waals surface area contributed by atoms with Gasteiger partial charge in [-0.15, -0.1) is 0 Å². The summed E-state index contributed by atoms with van der Waals surface area (Å²) in [7, 11) is 0. The number of fused-ring (bicyclic) bond motifs is 4. The monoisotopic (exact) mass is 407 g/mol. The maximum Gasteiger partial charge on any atom is 0.229 e. The fraction of sp³-hybridized carbons (Fsp3) is 0.160. The van der Waals surface area contributed by atoms with E-state index in [0.717, 1.165) is 62.3 Å². The average Bonchev–Trinajstić information content (AvgIpc) is 3.49. The Morgan fingerprint density at radius 3 is 2.65 bits per heavy atom. The number of nitrogens with one attached hydrogen (secondary N) is 2. The van der Waals surface area contributed by atoms with Gasteiger partial charge in [0.25, 0.3) is 0 Å². The Bertz CT molecular complexity index is 1400. The van der Waals surface area contributed by atoms with Crippen LogP contribution in [-0.2, 0) is 4.79 Å². The fourth-order valence-corrected chi connectivity index (χ4v) is 4.96. The molecule has 1 aromatic heterocycles. The Hall–Kier alpha value is -3.77. The van der Waals surface area contributed by atoms with Gasteiger partial charge in [-0.3, -0.25) is 15.1 Å². The molecule has 31 heavy (non-hydrogen) atoms. The number of aryl methyl sites for hydroxylation is 1. The molecule has 0 spiro atoms. The van der Waals surface area contributed by atoms with Gasteiger partial charge in [0.1, 0.15) is 12.0 Å². The molecule has 0 radical (unpaired) electrons. The van der Waals surface area contributed by atoms with Crippen LogP contribution in [0.2, 0.25) is 0 Å². The number of aliphatic imine (C=N–C) groups is 1. The first-order valence-corrected chi connectivity index (χ1v) is 10.4. The lowest BCUT2D eigenvalue weighted by atomic mass is 9.92. The summed E-state index contributed by atoms with van der Waals surface area (Å²) in [6, 6.07) is 18.3. The largest absolute Gasteiger partial charge is 0.369 e. The van der Waals surface area contributed by atoms with Crippen molar-refractivity contribution in [1.82, 2.24) is 15.3 Å². The van der Waals surface area contributed by atoms with Crippen molar-refractivity contribution in [3.05, 3.63) is 76.9 Å². The molecule has 152 valence electrons. The number of amides is 1. The third-order valence-corrected chi connectivity index (χ3v) is 6.21. The van der Waals surface area contributed by atoms with Crippen molar-refractivity contribution in [3.8, 4) is 22.5 Å². The van der Waals surface area contributed by atoms with Gasteiger partial charge < -0.3 is 10.7 Å². The van der Waals surface area contributed by atoms with E-state index in [1.54, 1.807) is 0 Å². The first kappa shape index (κ1) is 18.0. The van der Waals surface area contributed by atoms with Crippen LogP contribution in [0, 0.1) is 6.92 Å². The lowest BCUT2D eigenvalue weighted by Gasteiger charge is -2.13. The van der Waals surface area contributed by atoms with E-state index in [4.69, 9.17) is 10.7 Å². The summed E-state index contributed by atoms with van der Waals surface area (Å²) in [6.45, 7) is 2.82. The topological polar surface area (TPSA) is 96.2 Å². The highest BCUT2D eigenvalue weighted by Crippen LogP contribution is 2.48. The molecule has 0 fully saturated rings. The zero-order valence-corrected chi connectivity index (χ0v) is 17.0. The number of benzene rings is 3. The van der Waals surface area contributed by atoms with Crippen LogP contribution in [0.3, 0.4) is 0 Å². The molecule has 6 heteroatoms. The summed E-state index contributed by atoms with van der Waals surface area (Å²) >= 11 is 0. The third kappa shape index (κ3) is 2.65. The summed E-state index contributed by atoms with van der Waals surface area (Å²) < 4.78 is 0. The van der Waals surface area contributed by atoms with Gasteiger partial charge in [-0.25, -0.2) is 4.98 Å². The van der Waals surface area contributed by atoms with Crippen molar-refractivity contribution < 1.29 is 4.79 Å². The number of carbonyl (C=O) groups is 1. The van der Waals surface area contributed by atoms with E-state index in [-0.39, 0.29) is 12.1 Å². The maximum atomic E-state index is 12.5. The highest BCUT2D eigenvalue weighted by molar-refractivity contribution is 5.99. The number of aromatic nitrogens is 2. The molecule has 2 heterocycles. The van der Waals surface area contributed by atoms with Gasteiger partial charge >= 0.3 is 0 Å². The molecule has 6 nitrogen and oxygen atoms in total. The standard InChI is InChI=1S/C25H21N5O/c1-13-11-18(24-27-9-10-28-24)22-19(12-13)29-25(30-22)17-8-4-7-15-14-5-2-3-6-16(14)21(20(15)17)23(26)31/h2-9,11-12,21,24,28H,10H2,1H3,(H2,26,31)(H,29,30)/t21-,24-/m0/s1. The molecule has 0 bridgehead atoms. The molecule has 1 aliphatic carbocycles. The summed E-state index contributed by atoms with van der Waals surface area (Å²) in [5, 5.41) is 3.38. The molecule has 4 N–H and O–H groups in total. The number of H-pyrrole nitrogens is 1. The number of hydrogen-bond acceptors (Lipinski definition) is 4. The van der Waals surface area contributed by atoms with Gasteiger partial charge in [0.2, 0.25) is 5.91 Å². The molecule has 4 aromatic rings. The predicted octanol–water partition coefficient (Wildman–Crippen LogP) is 3.81. The smallest absolute Gasteiger partial charge is 0.229 e. The molecule has 2 aliphatic rings. The van der Waals surface area contributed by atoms with Gasteiger partial charge in [0.15, 0.2) is 0 Å². The summed E-state index contributed by atoms with van der Waals surface area (Å²) in [5.74, 6) is -0.103. The summed E-state index contributed by atoms with van der Waals surface area (Å²) in [5.41, 5.74) is 14.8. The van der Waals surface area contributed by atoms with Gasteiger partial charge in [-0.1, -0.05) is 48.5 Å². The average molecular weight is 407 g/mol. The Kier molecular flexibility index (Phi) is 3.85. The Balaban J connectivity index is 1.58. The second kappa shape index (κ2) is 6.62. The quantitative estimate of drug-likeness (QED) is 0.482. The lowest BCUT2D eigenvalue weighted by molar-refractivity contribution is -0.118. The number of rotatable bonds is 3. The number of nitrogens with zero attached hydrogens (tertiary/aromatic N) is 2. The highest BCUT2D eigenvalue weighted by atomic mass is 16.1. The van der Waals surface area contributed by atoms with E-state index in [2.05, 4.69) is 40.4 Å². The van der Waals surface area contributed by atoms with Gasteiger partial charge in [-0.2, -0.15) is 0 Å². The van der Waals surface area contributed by atoms with Gasteiger partial charge in [-0.05, 0) is 40.8 Å². The Morgan fingerprint density at radius 1 is 1.03 bits per heavy atom. The summed E-state index contributed by atoms with van der Waals surface area (Å²) in [4.78, 5) is 25.5. The van der Waals surface area contributed by atoms with Crippen LogP contribution < -0.4 is 11.1 Å². The Morgan fingerprint density at radius 2 is 1.84 bits per heavy atom. The second-order valence-electron chi connectivity index (χ2n) is 8.17. The highest BCUT2D eigenvalue weighted by Gasteiger charge is 2.35. The van der Waals surface area contributed by atoms with Gasteiger partial charge in [0, 0.05) is 23.9 Å². The zero-order chi connectivity index (χ0) is 21.1. The molecule has 1 amide bonds. The Labute approximate surface area is 179 Å². The van der Waals surface area contributed by atoms with Crippen LogP contribution >= 0.6 is 0 Å². The van der Waals surface area contributed by atoms with Crippen LogP contribution in [0.5, 0.6) is 0 Å². The van der Waals surface area contributed by atoms with Crippen molar-refractivity contribution in [3.63, 3.8) is 0 Å². The van der Waals surface area contributed by atoms with Crippen LogP contribution in [0.25, 0.3) is 33.5 Å². The van der Waals surface area contributed by atoms with E-state index in [0.29, 0.717) is 0 Å². The first-order valence-electron chi connectivity index (χ1n) is 10.4. The first-order chi connectivity index (χ1) is 15.1. The van der Waals surface area contributed by atoms with Crippen molar-refractivity contribution in [1.29, 1.82) is 0 Å². The normalized spacial score (nSPS) is 19.0. The maximum absolute atomic E-state index is 12.5. The number of imidazole rings is 1. The predicted molar refractivity (Wildman–Crippen MR) is 122 cm³/mol. The van der Waals surface area contributed by atoms with Crippen molar-refractivity contribution in [2.45, 2.75) is 19.0 Å². The van der Waals surface area contributed by atoms with E-state index in [9.17, 15) is 4.79 Å². The van der Waals surface area contributed by atoms with Crippen molar-refractivity contribution >= 4 is 23.2 Å². The molecular formula is C25H21N5O. The molecular weight excluding hydrogens is 386 g/mol. The van der Waals surface area contributed by atoms with E-state index in [1.807, 2.05) is 42.6 Å². The minimum atomic E-state index is -0.488. The number of aromatic amines is 1. The molecule has 0 unspecified atom stereocenters. The van der Waals surface area contributed by atoms with Crippen LogP contribution in [0.15, 0.2) is 59.6 Å². The summed E-state index contributed by atoms with van der Waals surface area (Å²) in [6.07, 6.45) is 1.80. The van der Waals surface area contributed by atoms with E-state index < -0.39 is 5.92 Å². The number of hydrogen-bond donors (Lipinski definition) is 3. The van der Waals surface area contributed by atoms with E-state index in [1.165, 1.54) is 0 Å². The third-order valence-electron chi connectivity index (χ3n) is 6.21. The van der Waals surface area contributed by atoms with Crippen LogP contribution in [0.1, 0.15) is 34.3 Å². The number of carbonyl (C=O) groups excluding carboxylic acids is 1. The minimum Gasteiger partial charge on any atom is -0.369 e. The lowest BCUT2D eigenvalue weighted by Crippen LogP contribution is -2.21. The molecule has 1 aliphatic heterocycles. The zero-order valence-electron chi connectivity index (χ0n) is 17.0. The van der Waals surface area contributed by atoms with Gasteiger partial charge in [0.05, 0.1) is 17.0 Å². The molecule has 0 saturated heterocycles. The number of primary amides is 1. The molecule has 0 saturated carbocycles. The number of nitrogens with two attached hydrogens (primary N) is 1. The van der Waals surface area contributed by atoms with Crippen molar-refractivity contribution in [2.75, 3.05) is 6.54 Å². The van der Waals surface area contributed by atoms with Crippen LogP contribution in [-0.4, -0.2) is 28.6 Å².